The Hall–Kier alpha value is -1.18. The summed E-state index contributed by atoms with van der Waals surface area (Å²) >= 11 is 0.451. The summed E-state index contributed by atoms with van der Waals surface area (Å²) in [5, 5.41) is -0.541. The highest BCUT2D eigenvalue weighted by Gasteiger charge is 2.58. The Morgan fingerprint density at radius 2 is 1.55 bits per heavy atom. The van der Waals surface area contributed by atoms with Gasteiger partial charge in [-0.3, -0.25) is 4.79 Å². The predicted molar refractivity (Wildman–Crippen MR) is 73.0 cm³/mol. The zero-order valence-corrected chi connectivity index (χ0v) is 12.4. The molecule has 8 heteroatoms. The fourth-order valence-corrected chi connectivity index (χ4v) is 2.48. The van der Waals surface area contributed by atoms with E-state index in [1.54, 1.807) is 18.2 Å². The highest BCUT2D eigenvalue weighted by Crippen LogP contribution is 2.44. The maximum absolute atomic E-state index is 13.4. The van der Waals surface area contributed by atoms with Crippen molar-refractivity contribution in [2.45, 2.75) is 37.5 Å². The molecule has 1 aromatic carbocycles. The van der Waals surface area contributed by atoms with Crippen molar-refractivity contribution in [3.63, 3.8) is 0 Å². The molecule has 0 amide bonds. The number of benzene rings is 1. The molecule has 124 valence electrons. The average Bonchev–Trinajstić information content (AvgIpc) is 2.36. The van der Waals surface area contributed by atoms with Gasteiger partial charge in [0.15, 0.2) is 0 Å². The van der Waals surface area contributed by atoms with Gasteiger partial charge in [0.05, 0.1) is 6.42 Å². The third-order valence-electron chi connectivity index (χ3n) is 2.73. The van der Waals surface area contributed by atoms with Crippen molar-refractivity contribution in [1.29, 1.82) is 0 Å². The van der Waals surface area contributed by atoms with Crippen molar-refractivity contribution < 1.29 is 31.1 Å². The quantitative estimate of drug-likeness (QED) is 0.627. The zero-order chi connectivity index (χ0) is 17.0. The van der Waals surface area contributed by atoms with E-state index in [1.165, 1.54) is 12.1 Å². The Balaban J connectivity index is 2.57. The number of carbonyl (C=O) groups excluding carboxylic acids is 1. The Labute approximate surface area is 128 Å². The van der Waals surface area contributed by atoms with Crippen molar-refractivity contribution >= 4 is 16.9 Å². The number of alkyl halides is 6. The first-order valence-electron chi connectivity index (χ1n) is 6.30. The van der Waals surface area contributed by atoms with E-state index in [1.807, 2.05) is 0 Å². The third-order valence-corrected chi connectivity index (χ3v) is 3.63. The second-order valence-electron chi connectivity index (χ2n) is 4.91. The van der Waals surface area contributed by atoms with Crippen LogP contribution in [0.2, 0.25) is 0 Å². The van der Waals surface area contributed by atoms with Gasteiger partial charge in [0.1, 0.15) is 0 Å². The van der Waals surface area contributed by atoms with Crippen LogP contribution in [0.15, 0.2) is 30.3 Å². The van der Waals surface area contributed by atoms with Gasteiger partial charge >= 0.3 is 11.8 Å². The summed E-state index contributed by atoms with van der Waals surface area (Å²) in [6.07, 6.45) is -3.59. The molecule has 0 aliphatic carbocycles. The number of rotatable bonds is 7. The van der Waals surface area contributed by atoms with Gasteiger partial charge in [-0.25, -0.2) is 8.78 Å². The van der Waals surface area contributed by atoms with E-state index in [-0.39, 0.29) is 12.5 Å². The van der Waals surface area contributed by atoms with Crippen LogP contribution in [0.25, 0.3) is 0 Å². The second kappa shape index (κ2) is 6.93. The van der Waals surface area contributed by atoms with Crippen LogP contribution in [0.3, 0.4) is 0 Å². The van der Waals surface area contributed by atoms with E-state index < -0.39 is 41.5 Å². The minimum Gasteiger partial charge on any atom is -0.282 e. The molecule has 0 aliphatic rings. The average molecular weight is 344 g/mol. The minimum absolute atomic E-state index is 0.157. The first-order valence-corrected chi connectivity index (χ1v) is 7.29. The van der Waals surface area contributed by atoms with Crippen molar-refractivity contribution in [2.75, 3.05) is 5.75 Å². The van der Waals surface area contributed by atoms with Gasteiger partial charge in [0, 0.05) is 17.7 Å². The van der Waals surface area contributed by atoms with E-state index in [9.17, 15) is 31.1 Å². The maximum atomic E-state index is 13.4. The van der Waals surface area contributed by atoms with Gasteiger partial charge in [-0.2, -0.15) is 17.6 Å². The lowest BCUT2D eigenvalue weighted by atomic mass is 10.0. The smallest absolute Gasteiger partial charge is 0.282 e. The van der Waals surface area contributed by atoms with Crippen LogP contribution >= 0.6 is 11.8 Å². The molecule has 0 heterocycles. The normalized spacial score (nSPS) is 13.2. The molecule has 0 radical (unpaired) electrons. The van der Waals surface area contributed by atoms with Gasteiger partial charge in [0.25, 0.3) is 5.92 Å². The molecule has 1 rings (SSSR count). The predicted octanol–water partition coefficient (Wildman–Crippen LogP) is 5.27. The van der Waals surface area contributed by atoms with Crippen molar-refractivity contribution in [3.8, 4) is 0 Å². The molecule has 0 aromatic heterocycles. The maximum Gasteiger partial charge on any atom is 0.315 e. The number of halogens is 6. The first-order chi connectivity index (χ1) is 9.95. The van der Waals surface area contributed by atoms with Gasteiger partial charge in [-0.15, -0.1) is 0 Å². The SMILES string of the molecule is CC(F)(F)CC(F)(F)C(F)(F)CCSC(=O)c1ccccc1. The highest BCUT2D eigenvalue weighted by atomic mass is 32.2. The largest absolute Gasteiger partial charge is 0.315 e. The number of carbonyl (C=O) groups is 1. The Morgan fingerprint density at radius 3 is 2.05 bits per heavy atom. The van der Waals surface area contributed by atoms with Crippen LogP contribution in [-0.4, -0.2) is 28.6 Å². The summed E-state index contributed by atoms with van der Waals surface area (Å²) in [6.45, 7) is 0.157. The lowest BCUT2D eigenvalue weighted by Gasteiger charge is -2.28. The molecule has 0 saturated carbocycles. The van der Waals surface area contributed by atoms with Gasteiger partial charge in [-0.05, 0) is 6.92 Å². The molecule has 22 heavy (non-hydrogen) atoms. The highest BCUT2D eigenvalue weighted by molar-refractivity contribution is 8.14. The number of hydrogen-bond donors (Lipinski definition) is 0. The molecule has 1 aromatic rings. The second-order valence-corrected chi connectivity index (χ2v) is 5.98. The third kappa shape index (κ3) is 5.55. The standard InChI is InChI=1S/C14H14F6OS/c1-12(15,16)9-14(19,20)13(17,18)7-8-22-11(21)10-5-3-2-4-6-10/h2-6H,7-9H2,1H3. The fraction of sp³-hybridized carbons (Fsp3) is 0.500. The van der Waals surface area contributed by atoms with Crippen LogP contribution in [-0.2, 0) is 0 Å². The number of thioether (sulfide) groups is 1. The summed E-state index contributed by atoms with van der Waals surface area (Å²) in [5.74, 6) is -13.9. The van der Waals surface area contributed by atoms with Crippen LogP contribution < -0.4 is 0 Å². The molecule has 0 spiro atoms. The van der Waals surface area contributed by atoms with Crippen molar-refractivity contribution in [1.82, 2.24) is 0 Å². The van der Waals surface area contributed by atoms with Gasteiger partial charge in [0.2, 0.25) is 5.12 Å². The van der Waals surface area contributed by atoms with Crippen molar-refractivity contribution in [2.24, 2.45) is 0 Å². The minimum atomic E-state index is -4.83. The van der Waals surface area contributed by atoms with E-state index in [0.29, 0.717) is 11.8 Å². The van der Waals surface area contributed by atoms with Crippen molar-refractivity contribution in [3.05, 3.63) is 35.9 Å². The summed E-state index contributed by atoms with van der Waals surface area (Å²) in [7, 11) is 0. The number of hydrogen-bond acceptors (Lipinski definition) is 2. The summed E-state index contributed by atoms with van der Waals surface area (Å²) in [6, 6.07) is 7.71. The Kier molecular flexibility index (Phi) is 5.95. The molecular weight excluding hydrogens is 330 g/mol. The molecule has 0 bridgehead atoms. The van der Waals surface area contributed by atoms with Crippen LogP contribution in [0.4, 0.5) is 26.3 Å². The fourth-order valence-electron chi connectivity index (χ4n) is 1.63. The molecule has 0 N–H and O–H groups in total. The molecule has 0 fully saturated rings. The Bertz CT molecular complexity index is 498. The summed E-state index contributed by atoms with van der Waals surface area (Å²) in [5.41, 5.74) is 0.252. The molecular formula is C14H14F6OS. The topological polar surface area (TPSA) is 17.1 Å². The van der Waals surface area contributed by atoms with E-state index >= 15 is 0 Å². The molecule has 1 nitrogen and oxygen atoms in total. The summed E-state index contributed by atoms with van der Waals surface area (Å²) in [4.78, 5) is 11.6. The monoisotopic (exact) mass is 344 g/mol. The van der Waals surface area contributed by atoms with Crippen LogP contribution in [0.1, 0.15) is 30.1 Å². The lowest BCUT2D eigenvalue weighted by Crippen LogP contribution is -2.44. The first kappa shape index (κ1) is 18.9. The molecule has 0 unspecified atom stereocenters. The molecule has 0 saturated heterocycles. The van der Waals surface area contributed by atoms with Crippen LogP contribution in [0, 0.1) is 0 Å². The van der Waals surface area contributed by atoms with E-state index in [4.69, 9.17) is 0 Å². The Morgan fingerprint density at radius 1 is 1.00 bits per heavy atom. The van der Waals surface area contributed by atoms with E-state index in [0.717, 1.165) is 0 Å². The zero-order valence-electron chi connectivity index (χ0n) is 11.6. The lowest BCUT2D eigenvalue weighted by molar-refractivity contribution is -0.236. The van der Waals surface area contributed by atoms with Gasteiger partial charge in [-0.1, -0.05) is 42.1 Å². The van der Waals surface area contributed by atoms with Crippen LogP contribution in [0.5, 0.6) is 0 Å². The summed E-state index contributed by atoms with van der Waals surface area (Å²) < 4.78 is 78.3. The van der Waals surface area contributed by atoms with E-state index in [2.05, 4.69) is 0 Å². The molecule has 0 atom stereocenters. The molecule has 0 aliphatic heterocycles. The van der Waals surface area contributed by atoms with Gasteiger partial charge < -0.3 is 0 Å².